The highest BCUT2D eigenvalue weighted by atomic mass is 79.9. The largest absolute Gasteiger partial charge is 0.477 e. The molecule has 0 spiro atoms. The zero-order valence-electron chi connectivity index (χ0n) is 9.28. The zero-order valence-corrected chi connectivity index (χ0v) is 10.9. The van der Waals surface area contributed by atoms with E-state index in [9.17, 15) is 0 Å². The summed E-state index contributed by atoms with van der Waals surface area (Å²) >= 11 is 3.35. The maximum atomic E-state index is 5.65. The minimum atomic E-state index is 0.499. The molecule has 0 amide bonds. The molecule has 0 aromatic carbocycles. The highest BCUT2D eigenvalue weighted by Crippen LogP contribution is 2.18. The van der Waals surface area contributed by atoms with Crippen molar-refractivity contribution in [1.29, 1.82) is 0 Å². The molecule has 2 heterocycles. The van der Waals surface area contributed by atoms with Gasteiger partial charge in [-0.2, -0.15) is 4.98 Å². The van der Waals surface area contributed by atoms with Crippen LogP contribution in [0.3, 0.4) is 0 Å². The van der Waals surface area contributed by atoms with Crippen LogP contribution in [0.4, 0.5) is 0 Å². The van der Waals surface area contributed by atoms with Gasteiger partial charge in [0.15, 0.2) is 0 Å². The van der Waals surface area contributed by atoms with Crippen molar-refractivity contribution in [2.24, 2.45) is 5.92 Å². The van der Waals surface area contributed by atoms with E-state index in [0.29, 0.717) is 18.4 Å². The van der Waals surface area contributed by atoms with Gasteiger partial charge in [0.1, 0.15) is 10.4 Å². The van der Waals surface area contributed by atoms with Crippen molar-refractivity contribution < 1.29 is 9.47 Å². The first-order chi connectivity index (χ1) is 7.78. The van der Waals surface area contributed by atoms with Gasteiger partial charge in [0, 0.05) is 25.0 Å². The summed E-state index contributed by atoms with van der Waals surface area (Å²) in [6, 6.07) is 1.80. The van der Waals surface area contributed by atoms with Gasteiger partial charge in [-0.15, -0.1) is 0 Å². The van der Waals surface area contributed by atoms with E-state index < -0.39 is 0 Å². The second kappa shape index (κ2) is 5.59. The number of ether oxygens (including phenoxy) is 2. The van der Waals surface area contributed by atoms with Crippen LogP contribution in [0.5, 0.6) is 5.88 Å². The Hall–Kier alpha value is -0.680. The number of nitrogens with zero attached hydrogens (tertiary/aromatic N) is 2. The van der Waals surface area contributed by atoms with Gasteiger partial charge in [-0.05, 0) is 22.4 Å². The molecule has 1 fully saturated rings. The highest BCUT2D eigenvalue weighted by molar-refractivity contribution is 9.10. The lowest BCUT2D eigenvalue weighted by molar-refractivity contribution is 0.165. The van der Waals surface area contributed by atoms with E-state index in [1.807, 2.05) is 6.92 Å². The second-order valence-corrected chi connectivity index (χ2v) is 4.65. The Labute approximate surface area is 104 Å². The van der Waals surface area contributed by atoms with Crippen molar-refractivity contribution in [2.45, 2.75) is 19.8 Å². The van der Waals surface area contributed by atoms with Gasteiger partial charge in [-0.1, -0.05) is 6.92 Å². The summed E-state index contributed by atoms with van der Waals surface area (Å²) in [5, 5.41) is 0. The molecule has 2 rings (SSSR count). The molecule has 5 heteroatoms. The molecule has 0 radical (unpaired) electrons. The van der Waals surface area contributed by atoms with Crippen molar-refractivity contribution in [3.05, 3.63) is 16.5 Å². The predicted octanol–water partition coefficient (Wildman–Crippen LogP) is 2.22. The molecule has 1 aromatic heterocycles. The van der Waals surface area contributed by atoms with Crippen molar-refractivity contribution in [1.82, 2.24) is 9.97 Å². The molecule has 1 unspecified atom stereocenters. The Morgan fingerprint density at radius 3 is 3.12 bits per heavy atom. The van der Waals surface area contributed by atoms with Gasteiger partial charge in [0.05, 0.1) is 13.2 Å². The Kier molecular flexibility index (Phi) is 4.12. The van der Waals surface area contributed by atoms with Crippen LogP contribution >= 0.6 is 15.9 Å². The summed E-state index contributed by atoms with van der Waals surface area (Å²) in [7, 11) is 0. The molecule has 4 nitrogen and oxygen atoms in total. The van der Waals surface area contributed by atoms with Gasteiger partial charge in [0.2, 0.25) is 5.88 Å². The summed E-state index contributed by atoms with van der Waals surface area (Å²) in [5.74, 6) is 1.94. The molecule has 1 aromatic rings. The molecule has 16 heavy (non-hydrogen) atoms. The minimum Gasteiger partial charge on any atom is -0.477 e. The predicted molar refractivity (Wildman–Crippen MR) is 63.5 cm³/mol. The monoisotopic (exact) mass is 286 g/mol. The van der Waals surface area contributed by atoms with Crippen LogP contribution in [0.1, 0.15) is 19.2 Å². The van der Waals surface area contributed by atoms with Gasteiger partial charge in [0.25, 0.3) is 0 Å². The Morgan fingerprint density at radius 1 is 1.56 bits per heavy atom. The number of aryl methyl sites for hydroxylation is 1. The Balaban J connectivity index is 1.94. The molecule has 0 saturated carbocycles. The lowest BCUT2D eigenvalue weighted by atomic mass is 10.1. The molecule has 0 N–H and O–H groups in total. The zero-order chi connectivity index (χ0) is 11.4. The van der Waals surface area contributed by atoms with Crippen LogP contribution in [0.25, 0.3) is 0 Å². The number of rotatable bonds is 4. The van der Waals surface area contributed by atoms with Crippen molar-refractivity contribution in [2.75, 3.05) is 19.8 Å². The maximum absolute atomic E-state index is 5.65. The number of aromatic nitrogens is 2. The summed E-state index contributed by atoms with van der Waals surface area (Å²) < 4.78 is 11.7. The normalized spacial score (nSPS) is 20.0. The van der Waals surface area contributed by atoms with Crippen molar-refractivity contribution >= 4 is 15.9 Å². The fourth-order valence-electron chi connectivity index (χ4n) is 1.59. The SMILES string of the molecule is CCc1nc(Br)cc(OCC2CCOC2)n1. The third-order valence-corrected chi connectivity index (χ3v) is 2.93. The van der Waals surface area contributed by atoms with Gasteiger partial charge >= 0.3 is 0 Å². The summed E-state index contributed by atoms with van der Waals surface area (Å²) in [6.07, 6.45) is 1.88. The quantitative estimate of drug-likeness (QED) is 0.796. The summed E-state index contributed by atoms with van der Waals surface area (Å²) in [5.41, 5.74) is 0. The molecule has 1 saturated heterocycles. The van der Waals surface area contributed by atoms with E-state index in [1.165, 1.54) is 0 Å². The van der Waals surface area contributed by atoms with Crippen LogP contribution in [0.2, 0.25) is 0 Å². The first-order valence-electron chi connectivity index (χ1n) is 5.52. The van der Waals surface area contributed by atoms with Crippen molar-refractivity contribution in [3.8, 4) is 5.88 Å². The number of hydrogen-bond donors (Lipinski definition) is 0. The lowest BCUT2D eigenvalue weighted by Crippen LogP contribution is -2.12. The van der Waals surface area contributed by atoms with E-state index in [-0.39, 0.29) is 0 Å². The molecule has 0 aliphatic carbocycles. The Morgan fingerprint density at radius 2 is 2.44 bits per heavy atom. The highest BCUT2D eigenvalue weighted by Gasteiger charge is 2.16. The number of halogens is 1. The van der Waals surface area contributed by atoms with Gasteiger partial charge < -0.3 is 9.47 Å². The van der Waals surface area contributed by atoms with E-state index >= 15 is 0 Å². The molecule has 0 bridgehead atoms. The maximum Gasteiger partial charge on any atom is 0.217 e. The van der Waals surface area contributed by atoms with Crippen molar-refractivity contribution in [3.63, 3.8) is 0 Å². The fourth-order valence-corrected chi connectivity index (χ4v) is 1.99. The number of hydrogen-bond acceptors (Lipinski definition) is 4. The topological polar surface area (TPSA) is 44.2 Å². The first-order valence-corrected chi connectivity index (χ1v) is 6.31. The smallest absolute Gasteiger partial charge is 0.217 e. The third kappa shape index (κ3) is 3.15. The van der Waals surface area contributed by atoms with E-state index in [4.69, 9.17) is 9.47 Å². The molecule has 1 atom stereocenters. The molecule has 88 valence electrons. The minimum absolute atomic E-state index is 0.499. The van der Waals surface area contributed by atoms with Gasteiger partial charge in [-0.25, -0.2) is 4.98 Å². The van der Waals surface area contributed by atoms with E-state index in [2.05, 4.69) is 25.9 Å². The first kappa shape index (κ1) is 11.8. The average molecular weight is 287 g/mol. The van der Waals surface area contributed by atoms with Crippen LogP contribution in [-0.2, 0) is 11.2 Å². The molecule has 1 aliphatic rings. The average Bonchev–Trinajstić information content (AvgIpc) is 2.78. The van der Waals surface area contributed by atoms with Crippen LogP contribution in [0.15, 0.2) is 10.7 Å². The molecule has 1 aliphatic heterocycles. The van der Waals surface area contributed by atoms with Crippen LogP contribution < -0.4 is 4.74 Å². The van der Waals surface area contributed by atoms with Gasteiger partial charge in [-0.3, -0.25) is 0 Å². The second-order valence-electron chi connectivity index (χ2n) is 3.84. The Bertz CT molecular complexity index is 354. The fraction of sp³-hybridized carbons (Fsp3) is 0.636. The standard InChI is InChI=1S/C11H15BrN2O2/c1-2-10-13-9(12)5-11(14-10)16-7-8-3-4-15-6-8/h5,8H,2-4,6-7H2,1H3. The van der Waals surface area contributed by atoms with Crippen LogP contribution in [0, 0.1) is 5.92 Å². The molecular formula is C11H15BrN2O2. The third-order valence-electron chi connectivity index (χ3n) is 2.52. The molecular weight excluding hydrogens is 272 g/mol. The van der Waals surface area contributed by atoms with Crippen LogP contribution in [-0.4, -0.2) is 29.8 Å². The van der Waals surface area contributed by atoms with E-state index in [0.717, 1.165) is 36.5 Å². The summed E-state index contributed by atoms with van der Waals surface area (Å²) in [6.45, 7) is 4.34. The summed E-state index contributed by atoms with van der Waals surface area (Å²) in [4.78, 5) is 8.54. The van der Waals surface area contributed by atoms with E-state index in [1.54, 1.807) is 6.07 Å². The lowest BCUT2D eigenvalue weighted by Gasteiger charge is -2.10.